The third-order valence-corrected chi connectivity index (χ3v) is 7.55. The zero-order valence-corrected chi connectivity index (χ0v) is 23.2. The highest BCUT2D eigenvalue weighted by Gasteiger charge is 2.30. The second kappa shape index (κ2) is 12.6. The highest BCUT2D eigenvalue weighted by molar-refractivity contribution is 6.03. The number of nitrogens with zero attached hydrogens (tertiary/aromatic N) is 3. The van der Waals surface area contributed by atoms with E-state index in [-0.39, 0.29) is 23.3 Å². The molecule has 0 radical (unpaired) electrons. The summed E-state index contributed by atoms with van der Waals surface area (Å²) in [5, 5.41) is 24.3. The van der Waals surface area contributed by atoms with E-state index in [0.29, 0.717) is 18.8 Å². The number of para-hydroxylation sites is 1. The number of amides is 1. The van der Waals surface area contributed by atoms with Crippen LogP contribution in [0.4, 0.5) is 0 Å². The average molecular weight is 543 g/mol. The molecule has 210 valence electrons. The van der Waals surface area contributed by atoms with Gasteiger partial charge in [-0.25, -0.2) is 0 Å². The Morgan fingerprint density at radius 1 is 0.900 bits per heavy atom. The summed E-state index contributed by atoms with van der Waals surface area (Å²) in [7, 11) is 4.06. The Labute approximate surface area is 235 Å². The highest BCUT2D eigenvalue weighted by Crippen LogP contribution is 2.41. The van der Waals surface area contributed by atoms with Crippen LogP contribution < -0.4 is 5.32 Å². The molecular weight excluding hydrogens is 504 g/mol. The molecule has 0 unspecified atom stereocenters. The van der Waals surface area contributed by atoms with Crippen LogP contribution in [-0.4, -0.2) is 90.5 Å². The van der Waals surface area contributed by atoms with Gasteiger partial charge in [0.2, 0.25) is 0 Å². The molecule has 1 fully saturated rings. The van der Waals surface area contributed by atoms with Crippen LogP contribution in [-0.2, 0) is 11.3 Å². The number of phenolic OH excluding ortho intramolecular Hbond substituents is 2. The standard InChI is InChI=1S/C32H38N4O4/c1-34(2)17-18-36-28-6-4-3-5-27(28)30(31(36)32(39)33-15-16-35-19-21-40-22-20-35)29(23-7-11-25(37)12-8-23)24-9-13-26(38)14-10-24/h3-14,29,37-38H,15-22H2,1-2H3,(H,33,39). The molecule has 5 rings (SSSR count). The van der Waals surface area contributed by atoms with Crippen LogP contribution in [0.5, 0.6) is 11.5 Å². The summed E-state index contributed by atoms with van der Waals surface area (Å²) in [5.41, 5.74) is 4.44. The first kappa shape index (κ1) is 27.7. The molecule has 1 saturated heterocycles. The number of benzene rings is 3. The molecule has 3 aromatic carbocycles. The van der Waals surface area contributed by atoms with Crippen molar-refractivity contribution in [2.24, 2.45) is 0 Å². The predicted molar refractivity (Wildman–Crippen MR) is 157 cm³/mol. The van der Waals surface area contributed by atoms with E-state index in [1.165, 1.54) is 0 Å². The lowest BCUT2D eigenvalue weighted by molar-refractivity contribution is 0.0383. The van der Waals surface area contributed by atoms with Gasteiger partial charge >= 0.3 is 0 Å². The van der Waals surface area contributed by atoms with Gasteiger partial charge in [0, 0.05) is 61.7 Å². The molecular formula is C32H38N4O4. The minimum Gasteiger partial charge on any atom is -0.508 e. The number of likely N-dealkylation sites (N-methyl/N-ethyl adjacent to an activating group) is 1. The monoisotopic (exact) mass is 542 g/mol. The van der Waals surface area contributed by atoms with Crippen molar-refractivity contribution in [3.63, 3.8) is 0 Å². The molecule has 0 atom stereocenters. The molecule has 0 spiro atoms. The van der Waals surface area contributed by atoms with E-state index < -0.39 is 0 Å². The minimum absolute atomic E-state index is 0.110. The van der Waals surface area contributed by atoms with Gasteiger partial charge in [-0.3, -0.25) is 9.69 Å². The maximum Gasteiger partial charge on any atom is 0.268 e. The molecule has 40 heavy (non-hydrogen) atoms. The van der Waals surface area contributed by atoms with Crippen molar-refractivity contribution in [1.29, 1.82) is 0 Å². The SMILES string of the molecule is CN(C)CCn1c(C(=O)NCCN2CCOCC2)c(C(c2ccc(O)cc2)c2ccc(O)cc2)c2ccccc21. The zero-order valence-electron chi connectivity index (χ0n) is 23.2. The zero-order chi connectivity index (χ0) is 28.1. The number of hydrogen-bond donors (Lipinski definition) is 3. The van der Waals surface area contributed by atoms with E-state index in [2.05, 4.69) is 31.8 Å². The number of nitrogens with one attached hydrogen (secondary N) is 1. The molecule has 0 aliphatic carbocycles. The summed E-state index contributed by atoms with van der Waals surface area (Å²) >= 11 is 0. The molecule has 1 amide bonds. The highest BCUT2D eigenvalue weighted by atomic mass is 16.5. The molecule has 3 N–H and O–H groups in total. The van der Waals surface area contributed by atoms with Gasteiger partial charge in [0.25, 0.3) is 5.91 Å². The number of carbonyl (C=O) groups excluding carboxylic acids is 1. The molecule has 1 aliphatic rings. The fourth-order valence-electron chi connectivity index (χ4n) is 5.49. The van der Waals surface area contributed by atoms with Crippen molar-refractivity contribution < 1.29 is 19.7 Å². The molecule has 0 saturated carbocycles. The van der Waals surface area contributed by atoms with Crippen LogP contribution in [0.1, 0.15) is 33.1 Å². The van der Waals surface area contributed by atoms with Crippen molar-refractivity contribution in [1.82, 2.24) is 19.7 Å². The van der Waals surface area contributed by atoms with Gasteiger partial charge in [0.15, 0.2) is 0 Å². The van der Waals surface area contributed by atoms with Gasteiger partial charge in [-0.1, -0.05) is 42.5 Å². The molecule has 2 heterocycles. The second-order valence-corrected chi connectivity index (χ2v) is 10.6. The Morgan fingerprint density at radius 3 is 2.10 bits per heavy atom. The van der Waals surface area contributed by atoms with Gasteiger partial charge < -0.3 is 29.7 Å². The minimum atomic E-state index is -0.299. The fourth-order valence-corrected chi connectivity index (χ4v) is 5.49. The van der Waals surface area contributed by atoms with Gasteiger partial charge in [0.05, 0.1) is 13.2 Å². The number of aromatic hydroxyl groups is 2. The third-order valence-electron chi connectivity index (χ3n) is 7.55. The normalized spacial score (nSPS) is 14.3. The summed E-state index contributed by atoms with van der Waals surface area (Å²) in [6.07, 6.45) is 0. The molecule has 8 nitrogen and oxygen atoms in total. The first-order chi connectivity index (χ1) is 19.4. The van der Waals surface area contributed by atoms with Gasteiger partial charge in [-0.05, 0) is 55.6 Å². The lowest BCUT2D eigenvalue weighted by Crippen LogP contribution is -2.41. The largest absolute Gasteiger partial charge is 0.508 e. The van der Waals surface area contributed by atoms with Crippen molar-refractivity contribution in [2.45, 2.75) is 12.5 Å². The molecule has 8 heteroatoms. The van der Waals surface area contributed by atoms with Gasteiger partial charge in [-0.15, -0.1) is 0 Å². The van der Waals surface area contributed by atoms with Crippen LogP contribution in [0.3, 0.4) is 0 Å². The van der Waals surface area contributed by atoms with Gasteiger partial charge in [0.1, 0.15) is 17.2 Å². The van der Waals surface area contributed by atoms with Crippen LogP contribution in [0, 0.1) is 0 Å². The summed E-state index contributed by atoms with van der Waals surface area (Å²) in [5.74, 6) is -0.0436. The van der Waals surface area contributed by atoms with Crippen molar-refractivity contribution in [3.05, 3.63) is 95.2 Å². The number of ether oxygens (including phenoxy) is 1. The smallest absolute Gasteiger partial charge is 0.268 e. The average Bonchev–Trinajstić information content (AvgIpc) is 3.28. The van der Waals surface area contributed by atoms with Crippen LogP contribution >= 0.6 is 0 Å². The van der Waals surface area contributed by atoms with Crippen molar-refractivity contribution >= 4 is 16.8 Å². The van der Waals surface area contributed by atoms with Crippen molar-refractivity contribution in [2.75, 3.05) is 60.0 Å². The Morgan fingerprint density at radius 2 is 1.50 bits per heavy atom. The molecule has 0 bridgehead atoms. The van der Waals surface area contributed by atoms with E-state index in [9.17, 15) is 15.0 Å². The Balaban J connectivity index is 1.64. The van der Waals surface area contributed by atoms with Crippen LogP contribution in [0.2, 0.25) is 0 Å². The maximum atomic E-state index is 14.1. The summed E-state index contributed by atoms with van der Waals surface area (Å²) in [6.45, 7) is 5.91. The number of fused-ring (bicyclic) bond motifs is 1. The lowest BCUT2D eigenvalue weighted by Gasteiger charge is -2.26. The van der Waals surface area contributed by atoms with E-state index in [4.69, 9.17) is 4.74 Å². The number of phenols is 2. The lowest BCUT2D eigenvalue weighted by atomic mass is 9.83. The summed E-state index contributed by atoms with van der Waals surface area (Å²) in [6, 6.07) is 22.5. The number of morpholine rings is 1. The topological polar surface area (TPSA) is 90.2 Å². The Hall–Kier alpha value is -3.85. The summed E-state index contributed by atoms with van der Waals surface area (Å²) < 4.78 is 7.61. The number of hydrogen-bond acceptors (Lipinski definition) is 6. The quantitative estimate of drug-likeness (QED) is 0.282. The van der Waals surface area contributed by atoms with E-state index in [0.717, 1.165) is 67.0 Å². The van der Waals surface area contributed by atoms with E-state index in [1.807, 2.05) is 50.5 Å². The summed E-state index contributed by atoms with van der Waals surface area (Å²) in [4.78, 5) is 18.6. The fraction of sp³-hybridized carbons (Fsp3) is 0.344. The second-order valence-electron chi connectivity index (χ2n) is 10.6. The maximum absolute atomic E-state index is 14.1. The number of aromatic nitrogens is 1. The molecule has 4 aromatic rings. The first-order valence-electron chi connectivity index (χ1n) is 13.8. The predicted octanol–water partition coefficient (Wildman–Crippen LogP) is 3.86. The Bertz CT molecular complexity index is 1380. The van der Waals surface area contributed by atoms with Crippen LogP contribution in [0.25, 0.3) is 10.9 Å². The molecule has 1 aromatic heterocycles. The van der Waals surface area contributed by atoms with Crippen LogP contribution in [0.15, 0.2) is 72.8 Å². The third kappa shape index (κ3) is 6.14. The number of carbonyl (C=O) groups is 1. The molecule has 1 aliphatic heterocycles. The van der Waals surface area contributed by atoms with E-state index in [1.54, 1.807) is 24.3 Å². The van der Waals surface area contributed by atoms with Gasteiger partial charge in [-0.2, -0.15) is 0 Å². The van der Waals surface area contributed by atoms with E-state index >= 15 is 0 Å². The number of rotatable bonds is 10. The first-order valence-corrected chi connectivity index (χ1v) is 13.8. The Kier molecular flexibility index (Phi) is 8.69. The van der Waals surface area contributed by atoms with Crippen molar-refractivity contribution in [3.8, 4) is 11.5 Å².